The van der Waals surface area contributed by atoms with Crippen LogP contribution in [0, 0.1) is 0 Å². The van der Waals surface area contributed by atoms with E-state index in [0.717, 1.165) is 11.1 Å². The van der Waals surface area contributed by atoms with Crippen molar-refractivity contribution in [3.05, 3.63) is 84.4 Å². The number of nitrogens with zero attached hydrogens (tertiary/aromatic N) is 4. The van der Waals surface area contributed by atoms with Crippen LogP contribution >= 0.6 is 0 Å². The van der Waals surface area contributed by atoms with Gasteiger partial charge in [-0.2, -0.15) is 0 Å². The Hall–Kier alpha value is -4.06. The Bertz CT molecular complexity index is 1340. The van der Waals surface area contributed by atoms with Crippen molar-refractivity contribution in [1.29, 1.82) is 0 Å². The molecule has 0 aliphatic heterocycles. The fourth-order valence-corrected chi connectivity index (χ4v) is 3.46. The molecule has 0 amide bonds. The number of aromatic carboxylic acids is 1. The molecule has 0 aliphatic carbocycles. The molecule has 2 heterocycles. The first-order chi connectivity index (χ1) is 13.7. The van der Waals surface area contributed by atoms with E-state index in [9.17, 15) is 9.90 Å². The van der Waals surface area contributed by atoms with E-state index in [1.807, 2.05) is 72.8 Å². The van der Waals surface area contributed by atoms with Gasteiger partial charge >= 0.3 is 5.97 Å². The number of pyridine rings is 1. The molecule has 0 unspecified atom stereocenters. The Morgan fingerprint density at radius 1 is 0.821 bits per heavy atom. The monoisotopic (exact) mass is 366 g/mol. The Kier molecular flexibility index (Phi) is 3.62. The van der Waals surface area contributed by atoms with Crippen LogP contribution in [0.25, 0.3) is 38.9 Å². The molecule has 0 bridgehead atoms. The summed E-state index contributed by atoms with van der Waals surface area (Å²) in [7, 11) is 0. The third kappa shape index (κ3) is 2.43. The molecule has 0 atom stereocenters. The molecule has 28 heavy (non-hydrogen) atoms. The molecule has 0 aliphatic rings. The minimum Gasteiger partial charge on any atom is -0.478 e. The van der Waals surface area contributed by atoms with E-state index in [4.69, 9.17) is 4.98 Å². The van der Waals surface area contributed by atoms with Crippen LogP contribution < -0.4 is 0 Å². The van der Waals surface area contributed by atoms with Gasteiger partial charge in [0.2, 0.25) is 0 Å². The van der Waals surface area contributed by atoms with Gasteiger partial charge in [0, 0.05) is 10.9 Å². The largest absolute Gasteiger partial charge is 0.478 e. The van der Waals surface area contributed by atoms with Crippen LogP contribution in [-0.4, -0.2) is 31.1 Å². The van der Waals surface area contributed by atoms with Crippen LogP contribution in [0.5, 0.6) is 0 Å². The Morgan fingerprint density at radius 3 is 2.29 bits per heavy atom. The normalized spacial score (nSPS) is 11.1. The molecule has 0 saturated carbocycles. The molecular formula is C22H14N4O2. The lowest BCUT2D eigenvalue weighted by Crippen LogP contribution is -2.11. The number of para-hydroxylation sites is 2. The Balaban J connectivity index is 1.98. The molecule has 6 nitrogen and oxygen atoms in total. The minimum atomic E-state index is -1.04. The van der Waals surface area contributed by atoms with Crippen molar-refractivity contribution in [2.45, 2.75) is 0 Å². The number of benzene rings is 3. The van der Waals surface area contributed by atoms with E-state index in [0.29, 0.717) is 27.8 Å². The van der Waals surface area contributed by atoms with Crippen LogP contribution in [0.4, 0.5) is 0 Å². The average molecular weight is 366 g/mol. The van der Waals surface area contributed by atoms with Gasteiger partial charge in [-0.05, 0) is 18.2 Å². The summed E-state index contributed by atoms with van der Waals surface area (Å²) in [6, 6.07) is 24.2. The standard InChI is InChI=1S/C22H14N4O2/c27-22(28)19-15-10-4-5-11-16(15)23-20(14-8-2-1-3-9-14)21(19)26-18-13-7-6-12-17(18)24-25-26/h1-13H,(H,27,28). The number of aromatic nitrogens is 4. The first-order valence-electron chi connectivity index (χ1n) is 8.76. The molecule has 1 N–H and O–H groups in total. The predicted molar refractivity (Wildman–Crippen MR) is 107 cm³/mol. The van der Waals surface area contributed by atoms with Gasteiger partial charge in [0.05, 0.1) is 22.3 Å². The van der Waals surface area contributed by atoms with Crippen LogP contribution in [0.1, 0.15) is 10.4 Å². The second-order valence-corrected chi connectivity index (χ2v) is 6.36. The molecule has 0 radical (unpaired) electrons. The van der Waals surface area contributed by atoms with Gasteiger partial charge < -0.3 is 5.11 Å². The van der Waals surface area contributed by atoms with Crippen molar-refractivity contribution in [3.8, 4) is 16.9 Å². The summed E-state index contributed by atoms with van der Waals surface area (Å²) >= 11 is 0. The number of hydrogen-bond acceptors (Lipinski definition) is 4. The molecule has 5 rings (SSSR count). The van der Waals surface area contributed by atoms with Gasteiger partial charge in [-0.3, -0.25) is 0 Å². The molecule has 134 valence electrons. The fraction of sp³-hybridized carbons (Fsp3) is 0. The zero-order valence-corrected chi connectivity index (χ0v) is 14.6. The molecule has 3 aromatic carbocycles. The number of hydrogen-bond donors (Lipinski definition) is 1. The van der Waals surface area contributed by atoms with Gasteiger partial charge in [0.15, 0.2) is 0 Å². The topological polar surface area (TPSA) is 80.9 Å². The van der Waals surface area contributed by atoms with Crippen LogP contribution in [0.15, 0.2) is 78.9 Å². The number of fused-ring (bicyclic) bond motifs is 2. The highest BCUT2D eigenvalue weighted by Gasteiger charge is 2.24. The fourth-order valence-electron chi connectivity index (χ4n) is 3.46. The summed E-state index contributed by atoms with van der Waals surface area (Å²) < 4.78 is 1.57. The molecule has 0 saturated heterocycles. The molecule has 0 fully saturated rings. The lowest BCUT2D eigenvalue weighted by Gasteiger charge is -2.15. The van der Waals surface area contributed by atoms with Gasteiger partial charge in [0.25, 0.3) is 0 Å². The van der Waals surface area contributed by atoms with E-state index in [1.54, 1.807) is 10.7 Å². The maximum Gasteiger partial charge on any atom is 0.338 e. The third-order valence-electron chi connectivity index (χ3n) is 4.69. The Labute approximate surface area is 159 Å². The molecule has 5 aromatic rings. The Morgan fingerprint density at radius 2 is 1.50 bits per heavy atom. The number of carboxylic acids is 1. The number of rotatable bonds is 3. The van der Waals surface area contributed by atoms with Crippen molar-refractivity contribution >= 4 is 27.9 Å². The van der Waals surface area contributed by atoms with Crippen molar-refractivity contribution in [2.24, 2.45) is 0 Å². The maximum absolute atomic E-state index is 12.4. The van der Waals surface area contributed by atoms with Gasteiger partial charge in [0.1, 0.15) is 11.2 Å². The maximum atomic E-state index is 12.4. The SMILES string of the molecule is O=C(O)c1c(-n2nnc3ccccc32)c(-c2ccccc2)nc2ccccc12. The van der Waals surface area contributed by atoms with Gasteiger partial charge in [-0.15, -0.1) is 5.10 Å². The third-order valence-corrected chi connectivity index (χ3v) is 4.69. The second kappa shape index (κ2) is 6.28. The second-order valence-electron chi connectivity index (χ2n) is 6.36. The van der Waals surface area contributed by atoms with Crippen molar-refractivity contribution in [3.63, 3.8) is 0 Å². The highest BCUT2D eigenvalue weighted by Crippen LogP contribution is 2.34. The van der Waals surface area contributed by atoms with Gasteiger partial charge in [-0.1, -0.05) is 65.9 Å². The lowest BCUT2D eigenvalue weighted by molar-refractivity contribution is 0.0699. The summed E-state index contributed by atoms with van der Waals surface area (Å²) in [6.07, 6.45) is 0. The summed E-state index contributed by atoms with van der Waals surface area (Å²) in [4.78, 5) is 17.2. The number of carbonyl (C=O) groups is 1. The van der Waals surface area contributed by atoms with E-state index in [-0.39, 0.29) is 5.56 Å². The summed E-state index contributed by atoms with van der Waals surface area (Å²) in [5, 5.41) is 19.1. The molecule has 0 spiro atoms. The lowest BCUT2D eigenvalue weighted by atomic mass is 10.0. The first-order valence-corrected chi connectivity index (χ1v) is 8.76. The molecule has 2 aromatic heterocycles. The molecule has 6 heteroatoms. The van der Waals surface area contributed by atoms with E-state index < -0.39 is 5.97 Å². The van der Waals surface area contributed by atoms with Crippen molar-refractivity contribution < 1.29 is 9.90 Å². The average Bonchev–Trinajstić information content (AvgIpc) is 3.16. The van der Waals surface area contributed by atoms with Gasteiger partial charge in [-0.25, -0.2) is 14.5 Å². The van der Waals surface area contributed by atoms with Crippen LogP contribution in [0.3, 0.4) is 0 Å². The zero-order valence-electron chi connectivity index (χ0n) is 14.6. The van der Waals surface area contributed by atoms with Crippen molar-refractivity contribution in [2.75, 3.05) is 0 Å². The highest BCUT2D eigenvalue weighted by molar-refractivity contribution is 6.08. The first kappa shape index (κ1) is 16.1. The van der Waals surface area contributed by atoms with E-state index >= 15 is 0 Å². The highest BCUT2D eigenvalue weighted by atomic mass is 16.4. The van der Waals surface area contributed by atoms with Crippen LogP contribution in [0.2, 0.25) is 0 Å². The van der Waals surface area contributed by atoms with Crippen molar-refractivity contribution in [1.82, 2.24) is 20.0 Å². The summed E-state index contributed by atoms with van der Waals surface area (Å²) in [5.74, 6) is -1.04. The van der Waals surface area contributed by atoms with E-state index in [2.05, 4.69) is 10.3 Å². The predicted octanol–water partition coefficient (Wildman–Crippen LogP) is 4.33. The van der Waals surface area contributed by atoms with E-state index in [1.165, 1.54) is 0 Å². The van der Waals surface area contributed by atoms with Crippen LogP contribution in [-0.2, 0) is 0 Å². The smallest absolute Gasteiger partial charge is 0.338 e. The quantitative estimate of drug-likeness (QED) is 0.514. The minimum absolute atomic E-state index is 0.153. The summed E-state index contributed by atoms with van der Waals surface area (Å²) in [6.45, 7) is 0. The summed E-state index contributed by atoms with van der Waals surface area (Å²) in [5.41, 5.74) is 3.95. The molecular weight excluding hydrogens is 352 g/mol. The number of carboxylic acid groups (broad SMARTS) is 1. The zero-order chi connectivity index (χ0) is 19.1.